The van der Waals surface area contributed by atoms with E-state index in [1.54, 1.807) is 38.1 Å². The molecule has 2 aromatic rings. The van der Waals surface area contributed by atoms with Crippen molar-refractivity contribution >= 4 is 16.6 Å². The monoisotopic (exact) mass is 272 g/mol. The van der Waals surface area contributed by atoms with Gasteiger partial charge in [-0.25, -0.2) is 0 Å². The Morgan fingerprint density at radius 3 is 1.89 bits per heavy atom. The van der Waals surface area contributed by atoms with Gasteiger partial charge in [-0.1, -0.05) is 48.5 Å². The van der Waals surface area contributed by atoms with E-state index in [1.165, 1.54) is 0 Å². The van der Waals surface area contributed by atoms with E-state index in [0.717, 1.165) is 0 Å². The normalized spacial score (nSPS) is 12.9. The smallest absolute Gasteiger partial charge is 0.181 e. The Balaban J connectivity index is 2.33. The first kappa shape index (κ1) is 13.7. The number of hydrogen-bond donors (Lipinski definition) is 0. The zero-order valence-corrected chi connectivity index (χ0v) is 11.8. The third-order valence-corrected chi connectivity index (χ3v) is 4.82. The molecule has 0 fully saturated rings. The summed E-state index contributed by atoms with van der Waals surface area (Å²) in [6.45, 7) is 3.46. The maximum Gasteiger partial charge on any atom is 0.181 e. The van der Waals surface area contributed by atoms with Gasteiger partial charge in [0.05, 0.1) is 10.8 Å². The van der Waals surface area contributed by atoms with Crippen LogP contribution in [0.1, 0.15) is 24.2 Å². The van der Waals surface area contributed by atoms with Crippen molar-refractivity contribution < 1.29 is 9.00 Å². The summed E-state index contributed by atoms with van der Waals surface area (Å²) < 4.78 is 11.6. The summed E-state index contributed by atoms with van der Waals surface area (Å²) in [5.41, 5.74) is 0.594. The minimum absolute atomic E-state index is 0.102. The fourth-order valence-corrected chi connectivity index (χ4v) is 3.14. The van der Waals surface area contributed by atoms with Crippen molar-refractivity contribution in [3.8, 4) is 0 Å². The van der Waals surface area contributed by atoms with E-state index in [0.29, 0.717) is 10.5 Å². The summed E-state index contributed by atoms with van der Waals surface area (Å²) in [7, 11) is -1.37. The van der Waals surface area contributed by atoms with E-state index < -0.39 is 15.5 Å². The topological polar surface area (TPSA) is 34.1 Å². The molecule has 0 spiro atoms. The van der Waals surface area contributed by atoms with Gasteiger partial charge in [0.25, 0.3) is 0 Å². The van der Waals surface area contributed by atoms with Gasteiger partial charge in [-0.3, -0.25) is 9.00 Å². The van der Waals surface area contributed by atoms with Crippen molar-refractivity contribution in [3.05, 3.63) is 66.2 Å². The van der Waals surface area contributed by atoms with Crippen LogP contribution in [0, 0.1) is 0 Å². The van der Waals surface area contributed by atoms with E-state index in [1.807, 2.05) is 36.4 Å². The average Bonchev–Trinajstić information content (AvgIpc) is 2.47. The number of carbonyl (C=O) groups excluding carboxylic acids is 1. The quantitative estimate of drug-likeness (QED) is 0.799. The highest BCUT2D eigenvalue weighted by atomic mass is 32.2. The minimum Gasteiger partial charge on any atom is -0.293 e. The van der Waals surface area contributed by atoms with Crippen molar-refractivity contribution in [3.63, 3.8) is 0 Å². The summed E-state index contributed by atoms with van der Waals surface area (Å²) in [5, 5.41) is 0. The van der Waals surface area contributed by atoms with E-state index >= 15 is 0 Å². The molecule has 0 aliphatic heterocycles. The molecule has 98 valence electrons. The molecule has 0 heterocycles. The van der Waals surface area contributed by atoms with Gasteiger partial charge in [0.15, 0.2) is 5.78 Å². The van der Waals surface area contributed by atoms with E-state index in [-0.39, 0.29) is 5.78 Å². The van der Waals surface area contributed by atoms with Crippen molar-refractivity contribution in [1.29, 1.82) is 0 Å². The highest BCUT2D eigenvalue weighted by Crippen LogP contribution is 2.25. The van der Waals surface area contributed by atoms with Gasteiger partial charge < -0.3 is 0 Å². The second kappa shape index (κ2) is 5.49. The Morgan fingerprint density at radius 1 is 0.895 bits per heavy atom. The zero-order valence-electron chi connectivity index (χ0n) is 11.0. The van der Waals surface area contributed by atoms with Crippen LogP contribution in [0.15, 0.2) is 65.6 Å². The first-order valence-corrected chi connectivity index (χ1v) is 7.25. The van der Waals surface area contributed by atoms with Crippen LogP contribution in [0.3, 0.4) is 0 Å². The summed E-state index contributed by atoms with van der Waals surface area (Å²) in [6, 6.07) is 18.1. The van der Waals surface area contributed by atoms with Gasteiger partial charge >= 0.3 is 0 Å². The molecule has 0 bridgehead atoms. The molecule has 0 saturated heterocycles. The molecular formula is C16H16O2S. The molecule has 2 nitrogen and oxygen atoms in total. The van der Waals surface area contributed by atoms with Crippen LogP contribution >= 0.6 is 0 Å². The van der Waals surface area contributed by atoms with Crippen LogP contribution in [0.2, 0.25) is 0 Å². The molecule has 0 amide bonds. The third kappa shape index (κ3) is 2.82. The van der Waals surface area contributed by atoms with Crippen molar-refractivity contribution in [2.24, 2.45) is 0 Å². The molecule has 2 aromatic carbocycles. The van der Waals surface area contributed by atoms with Crippen LogP contribution < -0.4 is 0 Å². The highest BCUT2D eigenvalue weighted by molar-refractivity contribution is 7.87. The fraction of sp³-hybridized carbons (Fsp3) is 0.188. The molecule has 0 aliphatic rings. The molecule has 0 N–H and O–H groups in total. The Labute approximate surface area is 115 Å². The second-order valence-corrected chi connectivity index (χ2v) is 6.82. The van der Waals surface area contributed by atoms with Gasteiger partial charge in [0, 0.05) is 10.5 Å². The number of ketones is 1. The lowest BCUT2D eigenvalue weighted by Gasteiger charge is -2.22. The van der Waals surface area contributed by atoms with Gasteiger partial charge in [0.1, 0.15) is 4.75 Å². The largest absolute Gasteiger partial charge is 0.293 e. The average molecular weight is 272 g/mol. The lowest BCUT2D eigenvalue weighted by molar-refractivity contribution is 0.0956. The fourth-order valence-electron chi connectivity index (χ4n) is 1.86. The van der Waals surface area contributed by atoms with Crippen LogP contribution in [0.4, 0.5) is 0 Å². The van der Waals surface area contributed by atoms with Crippen LogP contribution in [0.5, 0.6) is 0 Å². The Hall–Kier alpha value is -1.74. The summed E-state index contributed by atoms with van der Waals surface area (Å²) in [4.78, 5) is 13.2. The molecule has 0 aromatic heterocycles. The van der Waals surface area contributed by atoms with E-state index in [2.05, 4.69) is 0 Å². The lowest BCUT2D eigenvalue weighted by Crippen LogP contribution is -2.36. The number of carbonyl (C=O) groups is 1. The summed E-state index contributed by atoms with van der Waals surface area (Å²) in [5.74, 6) is -0.102. The first-order chi connectivity index (χ1) is 9.03. The summed E-state index contributed by atoms with van der Waals surface area (Å²) in [6.07, 6.45) is 0. The molecular weight excluding hydrogens is 256 g/mol. The Kier molecular flexibility index (Phi) is 3.96. The van der Waals surface area contributed by atoms with E-state index in [9.17, 15) is 9.00 Å². The first-order valence-electron chi connectivity index (χ1n) is 6.10. The van der Waals surface area contributed by atoms with Crippen LogP contribution in [-0.2, 0) is 10.8 Å². The zero-order chi connectivity index (χ0) is 13.9. The number of benzene rings is 2. The molecule has 19 heavy (non-hydrogen) atoms. The second-order valence-electron chi connectivity index (χ2n) is 4.79. The maximum absolute atomic E-state index is 12.6. The highest BCUT2D eigenvalue weighted by Gasteiger charge is 2.35. The molecule has 0 radical (unpaired) electrons. The predicted octanol–water partition coefficient (Wildman–Crippen LogP) is 3.46. The standard InChI is InChI=1S/C16H16O2S/c1-16(2,15(17)13-9-5-3-6-10-13)19(18)14-11-7-4-8-12-14/h3-12H,1-2H3. The Morgan fingerprint density at radius 2 is 1.37 bits per heavy atom. The number of Topliss-reactive ketones (excluding diaryl/α,β-unsaturated/α-hetero) is 1. The van der Waals surface area contributed by atoms with E-state index in [4.69, 9.17) is 0 Å². The molecule has 1 unspecified atom stereocenters. The Bertz CT molecular complexity index is 535. The molecule has 0 aliphatic carbocycles. The summed E-state index contributed by atoms with van der Waals surface area (Å²) >= 11 is 0. The van der Waals surface area contributed by atoms with Crippen LogP contribution in [-0.4, -0.2) is 14.7 Å². The third-order valence-electron chi connectivity index (χ3n) is 3.00. The SMILES string of the molecule is CC(C)(C(=O)c1ccccc1)S(=O)c1ccccc1. The molecule has 2 rings (SSSR count). The lowest BCUT2D eigenvalue weighted by atomic mass is 10.0. The molecule has 0 saturated carbocycles. The predicted molar refractivity (Wildman–Crippen MR) is 77.7 cm³/mol. The number of hydrogen-bond acceptors (Lipinski definition) is 2. The van der Waals surface area contributed by atoms with Gasteiger partial charge in [0.2, 0.25) is 0 Å². The molecule has 3 heteroatoms. The molecule has 1 atom stereocenters. The van der Waals surface area contributed by atoms with Crippen molar-refractivity contribution in [1.82, 2.24) is 0 Å². The number of rotatable bonds is 4. The van der Waals surface area contributed by atoms with Gasteiger partial charge in [-0.05, 0) is 26.0 Å². The van der Waals surface area contributed by atoms with Crippen molar-refractivity contribution in [2.45, 2.75) is 23.5 Å². The van der Waals surface area contributed by atoms with Crippen molar-refractivity contribution in [2.75, 3.05) is 0 Å². The van der Waals surface area contributed by atoms with Gasteiger partial charge in [-0.2, -0.15) is 0 Å². The van der Waals surface area contributed by atoms with Crippen LogP contribution in [0.25, 0.3) is 0 Å². The van der Waals surface area contributed by atoms with Gasteiger partial charge in [-0.15, -0.1) is 0 Å². The minimum atomic E-state index is -1.37. The maximum atomic E-state index is 12.6.